The van der Waals surface area contributed by atoms with Crippen molar-refractivity contribution < 1.29 is 14.0 Å². The number of nitrogens with zero attached hydrogens (tertiary/aromatic N) is 3. The van der Waals surface area contributed by atoms with Crippen LogP contribution in [0.3, 0.4) is 0 Å². The van der Waals surface area contributed by atoms with Crippen LogP contribution in [0.4, 0.5) is 10.2 Å². The molecule has 0 radical (unpaired) electrons. The van der Waals surface area contributed by atoms with Gasteiger partial charge >= 0.3 is 0 Å². The topological polar surface area (TPSA) is 67.2 Å². The molecule has 0 aliphatic rings. The zero-order chi connectivity index (χ0) is 25.7. The third-order valence-corrected chi connectivity index (χ3v) is 5.85. The number of amides is 2. The van der Waals surface area contributed by atoms with Gasteiger partial charge in [0.2, 0.25) is 11.8 Å². The zero-order valence-corrected chi connectivity index (χ0v) is 20.6. The van der Waals surface area contributed by atoms with Crippen LogP contribution >= 0.6 is 0 Å². The van der Waals surface area contributed by atoms with Crippen LogP contribution in [-0.2, 0) is 16.0 Å². The molecule has 0 spiro atoms. The maximum absolute atomic E-state index is 13.2. The van der Waals surface area contributed by atoms with Gasteiger partial charge in [0, 0.05) is 17.7 Å². The van der Waals surface area contributed by atoms with Crippen molar-refractivity contribution in [2.24, 2.45) is 0 Å². The van der Waals surface area contributed by atoms with Crippen molar-refractivity contribution in [1.82, 2.24) is 14.7 Å². The van der Waals surface area contributed by atoms with E-state index in [9.17, 15) is 14.0 Å². The van der Waals surface area contributed by atoms with Crippen LogP contribution in [0.2, 0.25) is 0 Å². The van der Waals surface area contributed by atoms with Gasteiger partial charge in [-0.1, -0.05) is 60.2 Å². The molecule has 6 nitrogen and oxygen atoms in total. The molecule has 0 saturated carbocycles. The lowest BCUT2D eigenvalue weighted by Crippen LogP contribution is -2.43. The largest absolute Gasteiger partial charge is 0.331 e. The molecule has 1 heterocycles. The third-order valence-electron chi connectivity index (χ3n) is 5.85. The smallest absolute Gasteiger partial charge is 0.245 e. The van der Waals surface area contributed by atoms with Crippen molar-refractivity contribution in [1.29, 1.82) is 0 Å². The van der Waals surface area contributed by atoms with Gasteiger partial charge in [-0.15, -0.1) is 0 Å². The normalized spacial score (nSPS) is 10.9. The molecular formula is C29H29FN4O2. The van der Waals surface area contributed by atoms with Gasteiger partial charge in [0.25, 0.3) is 0 Å². The highest BCUT2D eigenvalue weighted by atomic mass is 19.1. The number of halogens is 1. The highest BCUT2D eigenvalue weighted by Crippen LogP contribution is 2.25. The van der Waals surface area contributed by atoms with Gasteiger partial charge in [-0.2, -0.15) is 5.10 Å². The van der Waals surface area contributed by atoms with E-state index >= 15 is 0 Å². The Kier molecular flexibility index (Phi) is 7.59. The van der Waals surface area contributed by atoms with Crippen LogP contribution in [0.25, 0.3) is 16.9 Å². The molecule has 0 atom stereocenters. The predicted octanol–water partition coefficient (Wildman–Crippen LogP) is 5.41. The van der Waals surface area contributed by atoms with Crippen LogP contribution in [0, 0.1) is 12.7 Å². The predicted molar refractivity (Wildman–Crippen MR) is 139 cm³/mol. The summed E-state index contributed by atoms with van der Waals surface area (Å²) in [4.78, 5) is 27.6. The van der Waals surface area contributed by atoms with Gasteiger partial charge in [0.05, 0.1) is 17.8 Å². The van der Waals surface area contributed by atoms with Crippen LogP contribution < -0.4 is 5.32 Å². The number of anilines is 1. The van der Waals surface area contributed by atoms with E-state index in [4.69, 9.17) is 5.10 Å². The van der Waals surface area contributed by atoms with E-state index in [2.05, 4.69) is 5.32 Å². The summed E-state index contributed by atoms with van der Waals surface area (Å²) < 4.78 is 14.9. The fraction of sp³-hybridized carbons (Fsp3) is 0.207. The lowest BCUT2D eigenvalue weighted by Gasteiger charge is -2.26. The average molecular weight is 485 g/mol. The Morgan fingerprint density at radius 2 is 1.64 bits per heavy atom. The molecule has 0 saturated heterocycles. The van der Waals surface area contributed by atoms with Gasteiger partial charge in [-0.25, -0.2) is 9.07 Å². The quantitative estimate of drug-likeness (QED) is 0.364. The second kappa shape index (κ2) is 11.0. The summed E-state index contributed by atoms with van der Waals surface area (Å²) in [5.74, 6) is -0.378. The first-order valence-corrected chi connectivity index (χ1v) is 11.9. The van der Waals surface area contributed by atoms with Gasteiger partial charge < -0.3 is 10.2 Å². The summed E-state index contributed by atoms with van der Waals surface area (Å²) in [6, 6.07) is 25.0. The van der Waals surface area contributed by atoms with Crippen molar-refractivity contribution in [3.63, 3.8) is 0 Å². The summed E-state index contributed by atoms with van der Waals surface area (Å²) in [6.07, 6.45) is 0.0885. The molecule has 0 aliphatic heterocycles. The minimum atomic E-state index is -0.355. The second-order valence-corrected chi connectivity index (χ2v) is 9.00. The van der Waals surface area contributed by atoms with Crippen LogP contribution in [-0.4, -0.2) is 39.1 Å². The van der Waals surface area contributed by atoms with E-state index in [0.29, 0.717) is 11.4 Å². The summed E-state index contributed by atoms with van der Waals surface area (Å²) in [5.41, 5.74) is 4.27. The van der Waals surface area contributed by atoms with Crippen molar-refractivity contribution in [3.05, 3.63) is 102 Å². The first-order valence-electron chi connectivity index (χ1n) is 11.9. The first kappa shape index (κ1) is 24.9. The monoisotopic (exact) mass is 484 g/mol. The third kappa shape index (κ3) is 6.05. The summed E-state index contributed by atoms with van der Waals surface area (Å²) in [6.45, 7) is 5.62. The van der Waals surface area contributed by atoms with Crippen LogP contribution in [0.1, 0.15) is 25.0 Å². The fourth-order valence-corrected chi connectivity index (χ4v) is 3.88. The molecule has 4 rings (SSSR count). The summed E-state index contributed by atoms with van der Waals surface area (Å²) in [7, 11) is 0. The molecular weight excluding hydrogens is 455 g/mol. The van der Waals surface area contributed by atoms with E-state index in [1.54, 1.807) is 16.8 Å². The SMILES string of the molecule is Cc1ccc(-n2nc(-c3ccccc3)cc2NC(=O)CN(C(=O)Cc2ccc(F)cc2)C(C)C)cc1. The maximum Gasteiger partial charge on any atom is 0.245 e. The molecule has 184 valence electrons. The standard InChI is InChI=1S/C29H29FN4O2/c1-20(2)33(29(36)17-22-11-13-24(30)14-12-22)19-28(35)31-27-18-26(23-7-5-4-6-8-23)32-34(27)25-15-9-21(3)10-16-25/h4-16,18,20H,17,19H2,1-3H3,(H,31,35). The number of carbonyl (C=O) groups excluding carboxylic acids is 2. The molecule has 7 heteroatoms. The number of rotatable bonds is 8. The molecule has 4 aromatic rings. The number of benzene rings is 3. The molecule has 1 aromatic heterocycles. The highest BCUT2D eigenvalue weighted by Gasteiger charge is 2.22. The Morgan fingerprint density at radius 1 is 0.972 bits per heavy atom. The molecule has 3 aromatic carbocycles. The maximum atomic E-state index is 13.2. The molecule has 0 aliphatic carbocycles. The number of aromatic nitrogens is 2. The number of aryl methyl sites for hydroxylation is 1. The minimum absolute atomic E-state index is 0.0885. The fourth-order valence-electron chi connectivity index (χ4n) is 3.88. The number of carbonyl (C=O) groups is 2. The summed E-state index contributed by atoms with van der Waals surface area (Å²) in [5, 5.41) is 7.68. The zero-order valence-electron chi connectivity index (χ0n) is 20.6. The Morgan fingerprint density at radius 3 is 2.28 bits per heavy atom. The van der Waals surface area contributed by atoms with Crippen molar-refractivity contribution >= 4 is 17.6 Å². The Labute approximate surface area is 210 Å². The van der Waals surface area contributed by atoms with Gasteiger partial charge in [-0.3, -0.25) is 9.59 Å². The number of hydrogen-bond donors (Lipinski definition) is 1. The summed E-state index contributed by atoms with van der Waals surface area (Å²) >= 11 is 0. The molecule has 36 heavy (non-hydrogen) atoms. The highest BCUT2D eigenvalue weighted by molar-refractivity contribution is 5.95. The van der Waals surface area contributed by atoms with Crippen molar-refractivity contribution in [2.75, 3.05) is 11.9 Å². The van der Waals surface area contributed by atoms with E-state index in [-0.39, 0.29) is 36.6 Å². The molecule has 0 bridgehead atoms. The number of hydrogen-bond acceptors (Lipinski definition) is 3. The molecule has 2 amide bonds. The first-order chi connectivity index (χ1) is 17.3. The van der Waals surface area contributed by atoms with E-state index in [1.807, 2.05) is 81.4 Å². The lowest BCUT2D eigenvalue weighted by molar-refractivity contribution is -0.135. The van der Waals surface area contributed by atoms with E-state index < -0.39 is 0 Å². The van der Waals surface area contributed by atoms with Gasteiger partial charge in [0.15, 0.2) is 0 Å². The van der Waals surface area contributed by atoms with Crippen molar-refractivity contribution in [2.45, 2.75) is 33.2 Å². The minimum Gasteiger partial charge on any atom is -0.331 e. The Hall–Kier alpha value is -4.26. The molecule has 0 fully saturated rings. The molecule has 1 N–H and O–H groups in total. The lowest BCUT2D eigenvalue weighted by atomic mass is 10.1. The Bertz CT molecular complexity index is 1330. The van der Waals surface area contributed by atoms with E-state index in [0.717, 1.165) is 22.5 Å². The average Bonchev–Trinajstić information content (AvgIpc) is 3.28. The second-order valence-electron chi connectivity index (χ2n) is 9.00. The van der Waals surface area contributed by atoms with E-state index in [1.165, 1.54) is 17.0 Å². The van der Waals surface area contributed by atoms with Crippen LogP contribution in [0.15, 0.2) is 84.9 Å². The number of nitrogens with one attached hydrogen (secondary N) is 1. The van der Waals surface area contributed by atoms with Gasteiger partial charge in [-0.05, 0) is 50.6 Å². The van der Waals surface area contributed by atoms with Crippen LogP contribution in [0.5, 0.6) is 0 Å². The van der Waals surface area contributed by atoms with Gasteiger partial charge in [0.1, 0.15) is 18.2 Å². The Balaban J connectivity index is 1.55. The van der Waals surface area contributed by atoms with Crippen molar-refractivity contribution in [3.8, 4) is 16.9 Å². The molecule has 0 unspecified atom stereocenters.